The van der Waals surface area contributed by atoms with Crippen LogP contribution < -0.4 is 10.6 Å². The van der Waals surface area contributed by atoms with Gasteiger partial charge in [0.25, 0.3) is 0 Å². The van der Waals surface area contributed by atoms with Gasteiger partial charge in [-0.05, 0) is 31.9 Å². The SMILES string of the molecule is Cc1cccc(/C(N)=N/O)c1N1CCC(C)(O)C1. The van der Waals surface area contributed by atoms with Gasteiger partial charge in [0, 0.05) is 18.7 Å². The number of benzene rings is 1. The van der Waals surface area contributed by atoms with Crippen LogP contribution >= 0.6 is 0 Å². The summed E-state index contributed by atoms with van der Waals surface area (Å²) >= 11 is 0. The van der Waals surface area contributed by atoms with E-state index in [0.29, 0.717) is 12.1 Å². The van der Waals surface area contributed by atoms with Crippen LogP contribution in [-0.4, -0.2) is 34.8 Å². The second-order valence-corrected chi connectivity index (χ2v) is 5.12. The third kappa shape index (κ3) is 2.26. The van der Waals surface area contributed by atoms with Crippen LogP contribution in [0.5, 0.6) is 0 Å². The Labute approximate surface area is 107 Å². The molecule has 18 heavy (non-hydrogen) atoms. The summed E-state index contributed by atoms with van der Waals surface area (Å²) < 4.78 is 0. The van der Waals surface area contributed by atoms with Crippen LogP contribution in [0.4, 0.5) is 5.69 Å². The molecule has 0 aromatic heterocycles. The molecule has 1 aliphatic rings. The first-order chi connectivity index (χ1) is 8.44. The summed E-state index contributed by atoms with van der Waals surface area (Å²) in [7, 11) is 0. The highest BCUT2D eigenvalue weighted by Gasteiger charge is 2.33. The van der Waals surface area contributed by atoms with Gasteiger partial charge in [-0.2, -0.15) is 0 Å². The van der Waals surface area contributed by atoms with E-state index in [4.69, 9.17) is 10.9 Å². The molecule has 0 saturated carbocycles. The summed E-state index contributed by atoms with van der Waals surface area (Å²) in [5.41, 5.74) is 7.73. The smallest absolute Gasteiger partial charge is 0.172 e. The second kappa shape index (κ2) is 4.49. The van der Waals surface area contributed by atoms with Gasteiger partial charge in [-0.15, -0.1) is 0 Å². The maximum Gasteiger partial charge on any atom is 0.172 e. The first-order valence-corrected chi connectivity index (χ1v) is 5.99. The quantitative estimate of drug-likeness (QED) is 0.317. The molecule has 1 saturated heterocycles. The molecule has 0 bridgehead atoms. The Morgan fingerprint density at radius 2 is 2.22 bits per heavy atom. The maximum atomic E-state index is 10.1. The van der Waals surface area contributed by atoms with Crippen LogP contribution in [0.15, 0.2) is 23.4 Å². The Hall–Kier alpha value is -1.75. The van der Waals surface area contributed by atoms with Crippen LogP contribution in [-0.2, 0) is 0 Å². The highest BCUT2D eigenvalue weighted by Crippen LogP contribution is 2.31. The highest BCUT2D eigenvalue weighted by atomic mass is 16.4. The molecule has 4 N–H and O–H groups in total. The second-order valence-electron chi connectivity index (χ2n) is 5.12. The van der Waals surface area contributed by atoms with Crippen molar-refractivity contribution in [2.24, 2.45) is 10.9 Å². The van der Waals surface area contributed by atoms with E-state index in [1.807, 2.05) is 32.0 Å². The molecule has 1 fully saturated rings. The van der Waals surface area contributed by atoms with E-state index >= 15 is 0 Å². The van der Waals surface area contributed by atoms with E-state index in [1.165, 1.54) is 0 Å². The lowest BCUT2D eigenvalue weighted by Gasteiger charge is -2.25. The largest absolute Gasteiger partial charge is 0.409 e. The Kier molecular flexibility index (Phi) is 3.17. The third-order valence-corrected chi connectivity index (χ3v) is 3.39. The molecule has 1 atom stereocenters. The van der Waals surface area contributed by atoms with Crippen molar-refractivity contribution in [3.05, 3.63) is 29.3 Å². The zero-order valence-corrected chi connectivity index (χ0v) is 10.7. The van der Waals surface area contributed by atoms with E-state index in [0.717, 1.165) is 24.2 Å². The van der Waals surface area contributed by atoms with Crippen LogP contribution in [0.1, 0.15) is 24.5 Å². The molecular formula is C13H19N3O2. The number of hydrogen-bond donors (Lipinski definition) is 3. The molecule has 0 aliphatic carbocycles. The zero-order valence-electron chi connectivity index (χ0n) is 10.7. The maximum absolute atomic E-state index is 10.1. The number of aliphatic hydroxyl groups is 1. The van der Waals surface area contributed by atoms with E-state index in [2.05, 4.69) is 10.1 Å². The monoisotopic (exact) mass is 249 g/mol. The summed E-state index contributed by atoms with van der Waals surface area (Å²) in [6.07, 6.45) is 0.719. The van der Waals surface area contributed by atoms with Crippen LogP contribution in [0.2, 0.25) is 0 Å². The Morgan fingerprint density at radius 3 is 2.78 bits per heavy atom. The number of oxime groups is 1. The predicted molar refractivity (Wildman–Crippen MR) is 71.1 cm³/mol. The highest BCUT2D eigenvalue weighted by molar-refractivity contribution is 6.02. The van der Waals surface area contributed by atoms with E-state index in [1.54, 1.807) is 0 Å². The van der Waals surface area contributed by atoms with Gasteiger partial charge < -0.3 is 20.9 Å². The van der Waals surface area contributed by atoms with Crippen molar-refractivity contribution in [3.8, 4) is 0 Å². The molecule has 1 unspecified atom stereocenters. The van der Waals surface area contributed by atoms with E-state index in [9.17, 15) is 5.11 Å². The summed E-state index contributed by atoms with van der Waals surface area (Å²) in [6, 6.07) is 5.68. The van der Waals surface area contributed by atoms with Crippen molar-refractivity contribution in [3.63, 3.8) is 0 Å². The van der Waals surface area contributed by atoms with Gasteiger partial charge in [0.15, 0.2) is 5.84 Å². The number of aryl methyl sites for hydroxylation is 1. The number of nitrogens with two attached hydrogens (primary N) is 1. The van der Waals surface area contributed by atoms with Gasteiger partial charge in [0.2, 0.25) is 0 Å². The lowest BCUT2D eigenvalue weighted by Crippen LogP contribution is -2.31. The number of β-amino-alcohol motifs (C(OH)–C–C–N with tert-alkyl or cyclic N) is 1. The molecule has 0 spiro atoms. The summed E-state index contributed by atoms with van der Waals surface area (Å²) in [5.74, 6) is 0.0974. The minimum atomic E-state index is -0.676. The fraction of sp³-hybridized carbons (Fsp3) is 0.462. The van der Waals surface area contributed by atoms with Crippen LogP contribution in [0.3, 0.4) is 0 Å². The normalized spacial score (nSPS) is 24.6. The third-order valence-electron chi connectivity index (χ3n) is 3.39. The standard InChI is InChI=1S/C13H19N3O2/c1-9-4-3-5-10(12(14)15-18)11(9)16-7-6-13(2,17)8-16/h3-5,17-18H,6-8H2,1-2H3,(H2,14,15). The van der Waals surface area contributed by atoms with E-state index in [-0.39, 0.29) is 5.84 Å². The molecule has 5 nitrogen and oxygen atoms in total. The molecule has 1 aliphatic heterocycles. The van der Waals surface area contributed by atoms with Crippen molar-refractivity contribution >= 4 is 11.5 Å². The number of para-hydroxylation sites is 1. The minimum absolute atomic E-state index is 0.0974. The zero-order chi connectivity index (χ0) is 13.3. The van der Waals surface area contributed by atoms with Gasteiger partial charge >= 0.3 is 0 Å². The molecule has 1 heterocycles. The topological polar surface area (TPSA) is 82.1 Å². The van der Waals surface area contributed by atoms with E-state index < -0.39 is 5.60 Å². The Morgan fingerprint density at radius 1 is 1.50 bits per heavy atom. The predicted octanol–water partition coefficient (Wildman–Crippen LogP) is 1.05. The lowest BCUT2D eigenvalue weighted by molar-refractivity contribution is 0.0839. The molecule has 0 radical (unpaired) electrons. The molecule has 0 amide bonds. The van der Waals surface area contributed by atoms with Crippen molar-refractivity contribution in [1.82, 2.24) is 0 Å². The van der Waals surface area contributed by atoms with Gasteiger partial charge in [0.05, 0.1) is 11.3 Å². The van der Waals surface area contributed by atoms with Crippen molar-refractivity contribution in [1.29, 1.82) is 0 Å². The average Bonchev–Trinajstić information content (AvgIpc) is 2.68. The van der Waals surface area contributed by atoms with Gasteiger partial charge in [-0.25, -0.2) is 0 Å². The number of rotatable bonds is 2. The molecule has 1 aromatic rings. The average molecular weight is 249 g/mol. The van der Waals surface area contributed by atoms with Gasteiger partial charge in [0.1, 0.15) is 0 Å². The fourth-order valence-corrected chi connectivity index (χ4v) is 2.48. The van der Waals surface area contributed by atoms with Crippen molar-refractivity contribution in [2.45, 2.75) is 25.9 Å². The van der Waals surface area contributed by atoms with Gasteiger partial charge in [-0.1, -0.05) is 17.3 Å². The number of nitrogens with zero attached hydrogens (tertiary/aromatic N) is 2. The Balaban J connectivity index is 2.44. The molecule has 98 valence electrons. The summed E-state index contributed by atoms with van der Waals surface area (Å²) in [4.78, 5) is 2.09. The summed E-state index contributed by atoms with van der Waals surface area (Å²) in [5, 5.41) is 22.0. The number of amidine groups is 1. The molecular weight excluding hydrogens is 230 g/mol. The van der Waals surface area contributed by atoms with Gasteiger partial charge in [-0.3, -0.25) is 0 Å². The first-order valence-electron chi connectivity index (χ1n) is 5.99. The van der Waals surface area contributed by atoms with Crippen LogP contribution in [0.25, 0.3) is 0 Å². The minimum Gasteiger partial charge on any atom is -0.409 e. The Bertz CT molecular complexity index is 483. The summed E-state index contributed by atoms with van der Waals surface area (Å²) in [6.45, 7) is 5.14. The first kappa shape index (κ1) is 12.7. The molecule has 1 aromatic carbocycles. The number of hydrogen-bond acceptors (Lipinski definition) is 4. The van der Waals surface area contributed by atoms with Crippen molar-refractivity contribution < 1.29 is 10.3 Å². The molecule has 2 rings (SSSR count). The van der Waals surface area contributed by atoms with Crippen molar-refractivity contribution in [2.75, 3.05) is 18.0 Å². The van der Waals surface area contributed by atoms with Crippen LogP contribution in [0, 0.1) is 6.92 Å². The molecule has 5 heteroatoms. The number of anilines is 1. The lowest BCUT2D eigenvalue weighted by atomic mass is 10.1. The fourth-order valence-electron chi connectivity index (χ4n) is 2.48.